The highest BCUT2D eigenvalue weighted by Crippen LogP contribution is 2.24. The molecular weight excluding hydrogens is 218 g/mol. The number of rotatable bonds is 7. The van der Waals surface area contributed by atoms with Crippen LogP contribution >= 0.6 is 0 Å². The van der Waals surface area contributed by atoms with Crippen LogP contribution in [-0.2, 0) is 4.79 Å². The number of methoxy groups -OCH3 is 1. The summed E-state index contributed by atoms with van der Waals surface area (Å²) in [5.41, 5.74) is 1.09. The molecule has 0 radical (unpaired) electrons. The SMILES string of the molecule is COc1ccccc1[C@H](C)NCCCC(=O)O. The summed E-state index contributed by atoms with van der Waals surface area (Å²) in [6.07, 6.45) is 0.834. The predicted octanol–water partition coefficient (Wildman–Crippen LogP) is 2.21. The standard InChI is InChI=1S/C13H19NO3/c1-10(14-9-5-8-13(15)16)11-6-3-4-7-12(11)17-2/h3-4,6-7,10,14H,5,8-9H2,1-2H3,(H,15,16)/t10-/m0/s1. The first-order valence-electron chi connectivity index (χ1n) is 5.73. The number of carboxylic acid groups (broad SMARTS) is 1. The number of carbonyl (C=O) groups is 1. The van der Waals surface area contributed by atoms with Crippen LogP contribution in [0.3, 0.4) is 0 Å². The number of aliphatic carboxylic acids is 1. The lowest BCUT2D eigenvalue weighted by Gasteiger charge is -2.16. The van der Waals surface area contributed by atoms with E-state index in [-0.39, 0.29) is 12.5 Å². The van der Waals surface area contributed by atoms with E-state index in [0.29, 0.717) is 13.0 Å². The molecule has 0 fully saturated rings. The van der Waals surface area contributed by atoms with Gasteiger partial charge in [0.1, 0.15) is 5.75 Å². The number of benzene rings is 1. The van der Waals surface area contributed by atoms with Crippen molar-refractivity contribution in [1.29, 1.82) is 0 Å². The lowest BCUT2D eigenvalue weighted by atomic mass is 10.1. The van der Waals surface area contributed by atoms with Gasteiger partial charge in [-0.25, -0.2) is 0 Å². The molecule has 0 aliphatic heterocycles. The first kappa shape index (κ1) is 13.5. The van der Waals surface area contributed by atoms with Crippen molar-refractivity contribution in [3.8, 4) is 5.75 Å². The summed E-state index contributed by atoms with van der Waals surface area (Å²) in [4.78, 5) is 10.4. The number of para-hydroxylation sites is 1. The molecule has 0 aromatic heterocycles. The Hall–Kier alpha value is -1.55. The number of ether oxygens (including phenoxy) is 1. The number of carboxylic acids is 1. The maximum absolute atomic E-state index is 10.4. The van der Waals surface area contributed by atoms with Crippen LogP contribution < -0.4 is 10.1 Å². The van der Waals surface area contributed by atoms with E-state index < -0.39 is 5.97 Å². The van der Waals surface area contributed by atoms with Crippen LogP contribution in [0.4, 0.5) is 0 Å². The molecular formula is C13H19NO3. The molecule has 0 amide bonds. The zero-order valence-electron chi connectivity index (χ0n) is 10.3. The molecule has 1 aromatic carbocycles. The molecule has 0 bridgehead atoms. The molecule has 94 valence electrons. The van der Waals surface area contributed by atoms with Crippen molar-refractivity contribution >= 4 is 5.97 Å². The number of hydrogen-bond donors (Lipinski definition) is 2. The van der Waals surface area contributed by atoms with Gasteiger partial charge in [0.25, 0.3) is 0 Å². The summed E-state index contributed by atoms with van der Waals surface area (Å²) in [7, 11) is 1.65. The number of nitrogens with one attached hydrogen (secondary N) is 1. The van der Waals surface area contributed by atoms with E-state index in [2.05, 4.69) is 5.32 Å². The van der Waals surface area contributed by atoms with Crippen LogP contribution in [0.1, 0.15) is 31.4 Å². The van der Waals surface area contributed by atoms with E-state index in [1.54, 1.807) is 7.11 Å². The molecule has 0 spiro atoms. The highest BCUT2D eigenvalue weighted by atomic mass is 16.5. The van der Waals surface area contributed by atoms with E-state index in [4.69, 9.17) is 9.84 Å². The summed E-state index contributed by atoms with van der Waals surface area (Å²) >= 11 is 0. The zero-order valence-corrected chi connectivity index (χ0v) is 10.3. The van der Waals surface area contributed by atoms with Crippen LogP contribution in [0.15, 0.2) is 24.3 Å². The highest BCUT2D eigenvalue weighted by molar-refractivity contribution is 5.66. The minimum absolute atomic E-state index is 0.153. The smallest absolute Gasteiger partial charge is 0.303 e. The average molecular weight is 237 g/mol. The third kappa shape index (κ3) is 4.44. The van der Waals surface area contributed by atoms with Gasteiger partial charge in [-0.15, -0.1) is 0 Å². The van der Waals surface area contributed by atoms with Gasteiger partial charge in [0, 0.05) is 18.0 Å². The van der Waals surface area contributed by atoms with Crippen molar-refractivity contribution in [2.24, 2.45) is 0 Å². The molecule has 17 heavy (non-hydrogen) atoms. The van der Waals surface area contributed by atoms with Crippen molar-refractivity contribution < 1.29 is 14.6 Å². The predicted molar refractivity (Wildman–Crippen MR) is 66.3 cm³/mol. The molecule has 4 heteroatoms. The molecule has 0 unspecified atom stereocenters. The second kappa shape index (κ2) is 6.91. The van der Waals surface area contributed by atoms with Crippen LogP contribution in [0.25, 0.3) is 0 Å². The van der Waals surface area contributed by atoms with Crippen molar-refractivity contribution in [1.82, 2.24) is 5.32 Å². The molecule has 1 aromatic rings. The summed E-state index contributed by atoms with van der Waals surface area (Å²) < 4.78 is 5.28. The Labute approximate surface area is 102 Å². The Kier molecular flexibility index (Phi) is 5.49. The maximum Gasteiger partial charge on any atom is 0.303 e. The molecule has 0 aliphatic rings. The minimum atomic E-state index is -0.753. The zero-order chi connectivity index (χ0) is 12.7. The largest absolute Gasteiger partial charge is 0.496 e. The van der Waals surface area contributed by atoms with E-state index >= 15 is 0 Å². The summed E-state index contributed by atoms with van der Waals surface area (Å²) in [5.74, 6) is 0.0995. The van der Waals surface area contributed by atoms with Crippen molar-refractivity contribution in [3.63, 3.8) is 0 Å². The molecule has 1 rings (SSSR count). The molecule has 0 saturated heterocycles. The Balaban J connectivity index is 2.46. The van der Waals surface area contributed by atoms with E-state index in [9.17, 15) is 4.79 Å². The van der Waals surface area contributed by atoms with Crippen LogP contribution in [-0.4, -0.2) is 24.7 Å². The van der Waals surface area contributed by atoms with Gasteiger partial charge < -0.3 is 15.2 Å². The van der Waals surface area contributed by atoms with Gasteiger partial charge in [0.15, 0.2) is 0 Å². The Morgan fingerprint density at radius 2 is 2.18 bits per heavy atom. The fraction of sp³-hybridized carbons (Fsp3) is 0.462. The lowest BCUT2D eigenvalue weighted by molar-refractivity contribution is -0.137. The van der Waals surface area contributed by atoms with Crippen molar-refractivity contribution in [2.45, 2.75) is 25.8 Å². The van der Waals surface area contributed by atoms with Gasteiger partial charge in [-0.2, -0.15) is 0 Å². The molecule has 0 saturated carbocycles. The van der Waals surface area contributed by atoms with Gasteiger partial charge in [0.05, 0.1) is 7.11 Å². The fourth-order valence-electron chi connectivity index (χ4n) is 1.69. The number of hydrogen-bond acceptors (Lipinski definition) is 3. The average Bonchev–Trinajstić information content (AvgIpc) is 2.34. The highest BCUT2D eigenvalue weighted by Gasteiger charge is 2.09. The third-order valence-corrected chi connectivity index (χ3v) is 2.62. The Morgan fingerprint density at radius 1 is 1.47 bits per heavy atom. The first-order valence-corrected chi connectivity index (χ1v) is 5.73. The van der Waals surface area contributed by atoms with Gasteiger partial charge in [-0.1, -0.05) is 18.2 Å². The first-order chi connectivity index (χ1) is 8.15. The summed E-state index contributed by atoms with van der Waals surface area (Å²) in [5, 5.41) is 11.8. The molecule has 0 heterocycles. The minimum Gasteiger partial charge on any atom is -0.496 e. The van der Waals surface area contributed by atoms with E-state index in [0.717, 1.165) is 11.3 Å². The Bertz CT molecular complexity index is 365. The van der Waals surface area contributed by atoms with E-state index in [1.165, 1.54) is 0 Å². The molecule has 1 atom stereocenters. The topological polar surface area (TPSA) is 58.6 Å². The Morgan fingerprint density at radius 3 is 2.82 bits per heavy atom. The second-order valence-corrected chi connectivity index (χ2v) is 3.92. The van der Waals surface area contributed by atoms with Crippen LogP contribution in [0, 0.1) is 0 Å². The van der Waals surface area contributed by atoms with Gasteiger partial charge in [0.2, 0.25) is 0 Å². The summed E-state index contributed by atoms with van der Waals surface area (Å²) in [6, 6.07) is 7.98. The summed E-state index contributed by atoms with van der Waals surface area (Å²) in [6.45, 7) is 2.73. The van der Waals surface area contributed by atoms with Gasteiger partial charge in [-0.3, -0.25) is 4.79 Å². The molecule has 4 nitrogen and oxygen atoms in total. The maximum atomic E-state index is 10.4. The van der Waals surface area contributed by atoms with Crippen LogP contribution in [0.5, 0.6) is 5.75 Å². The third-order valence-electron chi connectivity index (χ3n) is 2.62. The normalized spacial score (nSPS) is 12.1. The molecule has 2 N–H and O–H groups in total. The lowest BCUT2D eigenvalue weighted by Crippen LogP contribution is -2.21. The van der Waals surface area contributed by atoms with Gasteiger partial charge in [-0.05, 0) is 26.0 Å². The van der Waals surface area contributed by atoms with E-state index in [1.807, 2.05) is 31.2 Å². The van der Waals surface area contributed by atoms with Gasteiger partial charge >= 0.3 is 5.97 Å². The quantitative estimate of drug-likeness (QED) is 0.714. The second-order valence-electron chi connectivity index (χ2n) is 3.92. The van der Waals surface area contributed by atoms with Crippen molar-refractivity contribution in [2.75, 3.05) is 13.7 Å². The van der Waals surface area contributed by atoms with Crippen LogP contribution in [0.2, 0.25) is 0 Å². The monoisotopic (exact) mass is 237 g/mol. The van der Waals surface area contributed by atoms with Crippen molar-refractivity contribution in [3.05, 3.63) is 29.8 Å². The fourth-order valence-corrected chi connectivity index (χ4v) is 1.69. The molecule has 0 aliphatic carbocycles.